The Bertz CT molecular complexity index is 604. The van der Waals surface area contributed by atoms with Crippen molar-refractivity contribution >= 4 is 5.70 Å². The molecule has 0 N–H and O–H groups in total. The van der Waals surface area contributed by atoms with E-state index in [0.717, 1.165) is 5.57 Å². The number of hydrogen-bond acceptors (Lipinski definition) is 2. The van der Waals surface area contributed by atoms with Crippen LogP contribution in [-0.4, -0.2) is 4.92 Å². The molecule has 0 atom stereocenters. The van der Waals surface area contributed by atoms with E-state index in [9.17, 15) is 14.5 Å². The maximum Gasteiger partial charge on any atom is 0.272 e. The molecule has 0 fully saturated rings. The topological polar surface area (TPSA) is 43.1 Å². The maximum absolute atomic E-state index is 12.8. The highest BCUT2D eigenvalue weighted by molar-refractivity contribution is 5.58. The summed E-state index contributed by atoms with van der Waals surface area (Å²) in [6, 6.07) is 5.18. The minimum atomic E-state index is -0.474. The summed E-state index contributed by atoms with van der Waals surface area (Å²) in [5.74, 6) is 1.93. The molecule has 3 nitrogen and oxygen atoms in total. The van der Waals surface area contributed by atoms with Crippen molar-refractivity contribution in [3.05, 3.63) is 75.6 Å². The predicted octanol–water partition coefficient (Wildman–Crippen LogP) is 3.97. The lowest BCUT2D eigenvalue weighted by Crippen LogP contribution is -1.98. The van der Waals surface area contributed by atoms with Crippen LogP contribution in [0.25, 0.3) is 5.70 Å². The number of allylic oxidation sites excluding steroid dienone is 5. The summed E-state index contributed by atoms with van der Waals surface area (Å²) in [6.45, 7) is 1.85. The van der Waals surface area contributed by atoms with Gasteiger partial charge in [0.2, 0.25) is 0 Å². The van der Waals surface area contributed by atoms with E-state index in [1.54, 1.807) is 18.2 Å². The van der Waals surface area contributed by atoms with E-state index < -0.39 is 10.7 Å². The normalized spacial score (nSPS) is 12.4. The standard InChI is InChI=1S/C16H14FNO2/c1-3-4-5-6-13(2)7-12-16(18(19)20)14-8-10-15(17)11-9-14/h1,4-6,8-12H,7H2,2H3/b5-4-,13-6-,16-12+. The van der Waals surface area contributed by atoms with E-state index in [2.05, 4.69) is 5.92 Å². The summed E-state index contributed by atoms with van der Waals surface area (Å²) in [5, 5.41) is 11.0. The van der Waals surface area contributed by atoms with Gasteiger partial charge in [0, 0.05) is 0 Å². The maximum atomic E-state index is 12.8. The average Bonchev–Trinajstić information content (AvgIpc) is 2.41. The number of benzene rings is 1. The van der Waals surface area contributed by atoms with Crippen molar-refractivity contribution in [2.45, 2.75) is 13.3 Å². The van der Waals surface area contributed by atoms with Gasteiger partial charge < -0.3 is 0 Å². The molecule has 0 aliphatic heterocycles. The first-order chi connectivity index (χ1) is 9.54. The Morgan fingerprint density at radius 1 is 1.45 bits per heavy atom. The molecule has 1 aromatic carbocycles. The lowest BCUT2D eigenvalue weighted by atomic mass is 10.1. The summed E-state index contributed by atoms with van der Waals surface area (Å²) < 4.78 is 12.8. The van der Waals surface area contributed by atoms with Gasteiger partial charge in [0.25, 0.3) is 5.70 Å². The van der Waals surface area contributed by atoms with Crippen LogP contribution in [-0.2, 0) is 0 Å². The van der Waals surface area contributed by atoms with E-state index in [1.165, 1.54) is 30.3 Å². The Balaban J connectivity index is 2.92. The van der Waals surface area contributed by atoms with Crippen LogP contribution in [0.15, 0.2) is 54.1 Å². The minimum Gasteiger partial charge on any atom is -0.258 e. The smallest absolute Gasteiger partial charge is 0.258 e. The van der Waals surface area contributed by atoms with E-state index in [1.807, 2.05) is 6.92 Å². The molecule has 0 saturated carbocycles. The summed E-state index contributed by atoms with van der Waals surface area (Å²) in [5.41, 5.74) is 1.26. The number of nitro groups is 1. The van der Waals surface area contributed by atoms with Crippen molar-refractivity contribution in [3.63, 3.8) is 0 Å². The van der Waals surface area contributed by atoms with Crippen molar-refractivity contribution < 1.29 is 9.31 Å². The fraction of sp³-hybridized carbons (Fsp3) is 0.125. The minimum absolute atomic E-state index is 0.0429. The lowest BCUT2D eigenvalue weighted by Gasteiger charge is -2.00. The molecule has 1 rings (SSSR count). The second-order valence-corrected chi connectivity index (χ2v) is 4.10. The third kappa shape index (κ3) is 4.91. The highest BCUT2D eigenvalue weighted by Crippen LogP contribution is 2.17. The molecule has 102 valence electrons. The largest absolute Gasteiger partial charge is 0.272 e. The first-order valence-electron chi connectivity index (χ1n) is 5.93. The zero-order valence-electron chi connectivity index (χ0n) is 11.0. The fourth-order valence-electron chi connectivity index (χ4n) is 1.51. The van der Waals surface area contributed by atoms with E-state index in [4.69, 9.17) is 6.42 Å². The SMILES string of the molecule is C#C/C=C\C=C(\C)C/C=C(\c1ccc(F)cc1)[N+](=O)[O-]. The third-order valence-electron chi connectivity index (χ3n) is 2.53. The first kappa shape index (κ1) is 15.4. The monoisotopic (exact) mass is 271 g/mol. The zero-order chi connectivity index (χ0) is 15.0. The summed E-state index contributed by atoms with van der Waals surface area (Å²) in [4.78, 5) is 10.6. The predicted molar refractivity (Wildman–Crippen MR) is 77.7 cm³/mol. The highest BCUT2D eigenvalue weighted by atomic mass is 19.1. The van der Waals surface area contributed by atoms with E-state index >= 15 is 0 Å². The Morgan fingerprint density at radius 3 is 2.65 bits per heavy atom. The van der Waals surface area contributed by atoms with Gasteiger partial charge in [-0.1, -0.05) is 23.6 Å². The van der Waals surface area contributed by atoms with Crippen molar-refractivity contribution in [2.24, 2.45) is 0 Å². The molecule has 1 aromatic rings. The summed E-state index contributed by atoms with van der Waals surface area (Å²) in [7, 11) is 0. The quantitative estimate of drug-likeness (QED) is 0.352. The Labute approximate surface area is 117 Å². The molecule has 0 aromatic heterocycles. The van der Waals surface area contributed by atoms with Gasteiger partial charge in [-0.3, -0.25) is 10.1 Å². The number of terminal acetylenes is 1. The van der Waals surface area contributed by atoms with E-state index in [0.29, 0.717) is 12.0 Å². The molecular weight excluding hydrogens is 257 g/mol. The second kappa shape index (κ2) is 7.70. The van der Waals surface area contributed by atoms with Crippen LogP contribution in [0.4, 0.5) is 4.39 Å². The van der Waals surface area contributed by atoms with Crippen molar-refractivity contribution in [2.75, 3.05) is 0 Å². The Hall–Kier alpha value is -2.67. The van der Waals surface area contributed by atoms with Gasteiger partial charge >= 0.3 is 0 Å². The summed E-state index contributed by atoms with van der Waals surface area (Å²) in [6.07, 6.45) is 12.0. The van der Waals surface area contributed by atoms with Gasteiger partial charge in [-0.25, -0.2) is 4.39 Å². The molecule has 4 heteroatoms. The van der Waals surface area contributed by atoms with Crippen LogP contribution in [0.3, 0.4) is 0 Å². The zero-order valence-corrected chi connectivity index (χ0v) is 11.0. The van der Waals surface area contributed by atoms with Crippen molar-refractivity contribution in [3.8, 4) is 12.3 Å². The molecule has 0 aliphatic carbocycles. The molecule has 0 bridgehead atoms. The lowest BCUT2D eigenvalue weighted by molar-refractivity contribution is -0.375. The molecule has 0 radical (unpaired) electrons. The molecule has 0 saturated heterocycles. The molecule has 0 aliphatic rings. The third-order valence-corrected chi connectivity index (χ3v) is 2.53. The van der Waals surface area contributed by atoms with Crippen LogP contribution in [0.1, 0.15) is 18.9 Å². The average molecular weight is 271 g/mol. The summed E-state index contributed by atoms with van der Waals surface area (Å²) >= 11 is 0. The number of halogens is 1. The molecule has 0 spiro atoms. The highest BCUT2D eigenvalue weighted by Gasteiger charge is 2.13. The molecule has 20 heavy (non-hydrogen) atoms. The molecule has 0 amide bonds. The first-order valence-corrected chi connectivity index (χ1v) is 5.93. The Kier molecular flexibility index (Phi) is 5.92. The number of hydrogen-bond donors (Lipinski definition) is 0. The second-order valence-electron chi connectivity index (χ2n) is 4.10. The van der Waals surface area contributed by atoms with Crippen LogP contribution in [0.5, 0.6) is 0 Å². The van der Waals surface area contributed by atoms with Crippen LogP contribution in [0, 0.1) is 28.3 Å². The van der Waals surface area contributed by atoms with Crippen molar-refractivity contribution in [1.29, 1.82) is 0 Å². The Morgan fingerprint density at radius 2 is 2.10 bits per heavy atom. The molecule has 0 heterocycles. The van der Waals surface area contributed by atoms with Crippen molar-refractivity contribution in [1.82, 2.24) is 0 Å². The van der Waals surface area contributed by atoms with Gasteiger partial charge in [-0.15, -0.1) is 6.42 Å². The number of rotatable bonds is 5. The van der Waals surface area contributed by atoms with Gasteiger partial charge in [0.15, 0.2) is 0 Å². The van der Waals surface area contributed by atoms with Gasteiger partial charge in [-0.05, 0) is 49.8 Å². The van der Waals surface area contributed by atoms with Crippen LogP contribution in [0.2, 0.25) is 0 Å². The molecule has 0 unspecified atom stereocenters. The molecular formula is C16H14FNO2. The van der Waals surface area contributed by atoms with Crippen LogP contribution < -0.4 is 0 Å². The van der Waals surface area contributed by atoms with E-state index in [-0.39, 0.29) is 5.70 Å². The number of nitrogens with zero attached hydrogens (tertiary/aromatic N) is 1. The van der Waals surface area contributed by atoms with Gasteiger partial charge in [0.05, 0.1) is 10.5 Å². The van der Waals surface area contributed by atoms with Gasteiger partial charge in [-0.2, -0.15) is 0 Å². The van der Waals surface area contributed by atoms with Crippen LogP contribution >= 0.6 is 0 Å². The van der Waals surface area contributed by atoms with Gasteiger partial charge in [0.1, 0.15) is 5.82 Å². The fourth-order valence-corrected chi connectivity index (χ4v) is 1.51.